The summed E-state index contributed by atoms with van der Waals surface area (Å²) in [5, 5.41) is 1.02. The third-order valence-electron chi connectivity index (χ3n) is 1.29. The molecule has 0 aromatic heterocycles. The molecule has 1 nitrogen and oxygen atoms in total. The SMILES string of the molecule is C#CCOc1cc(Cl)c(Br)cc1Cl. The van der Waals surface area contributed by atoms with E-state index in [-0.39, 0.29) is 6.61 Å². The second kappa shape index (κ2) is 4.76. The maximum atomic E-state index is 5.85. The Hall–Kier alpha value is -0.360. The standard InChI is InChI=1S/C9H5BrCl2O/c1-2-3-13-9-5-7(11)6(10)4-8(9)12/h1,4-5H,3H2. The first-order chi connectivity index (χ1) is 6.15. The Balaban J connectivity index is 2.96. The van der Waals surface area contributed by atoms with Gasteiger partial charge >= 0.3 is 0 Å². The van der Waals surface area contributed by atoms with Crippen molar-refractivity contribution in [3.05, 3.63) is 26.7 Å². The van der Waals surface area contributed by atoms with Crippen LogP contribution in [0.3, 0.4) is 0 Å². The quantitative estimate of drug-likeness (QED) is 0.592. The monoisotopic (exact) mass is 278 g/mol. The van der Waals surface area contributed by atoms with Gasteiger partial charge in [-0.1, -0.05) is 29.1 Å². The van der Waals surface area contributed by atoms with Crippen molar-refractivity contribution in [1.82, 2.24) is 0 Å². The molecule has 1 rings (SSSR count). The largest absolute Gasteiger partial charge is 0.479 e. The molecule has 0 spiro atoms. The zero-order valence-electron chi connectivity index (χ0n) is 6.48. The molecule has 0 saturated heterocycles. The number of hydrogen-bond donors (Lipinski definition) is 0. The van der Waals surface area contributed by atoms with Gasteiger partial charge in [0.15, 0.2) is 0 Å². The highest BCUT2D eigenvalue weighted by molar-refractivity contribution is 9.10. The minimum atomic E-state index is 0.178. The maximum Gasteiger partial charge on any atom is 0.148 e. The molecule has 0 saturated carbocycles. The van der Waals surface area contributed by atoms with Gasteiger partial charge in [0.25, 0.3) is 0 Å². The van der Waals surface area contributed by atoms with Gasteiger partial charge in [-0.05, 0) is 22.0 Å². The van der Waals surface area contributed by atoms with Gasteiger partial charge in [0, 0.05) is 10.5 Å². The van der Waals surface area contributed by atoms with Crippen LogP contribution in [0.1, 0.15) is 0 Å². The molecule has 0 aliphatic carbocycles. The topological polar surface area (TPSA) is 9.23 Å². The van der Waals surface area contributed by atoms with E-state index >= 15 is 0 Å². The molecule has 1 aromatic carbocycles. The zero-order valence-corrected chi connectivity index (χ0v) is 9.58. The third-order valence-corrected chi connectivity index (χ3v) is 2.78. The van der Waals surface area contributed by atoms with Gasteiger partial charge in [-0.2, -0.15) is 0 Å². The summed E-state index contributed by atoms with van der Waals surface area (Å²) in [4.78, 5) is 0. The van der Waals surface area contributed by atoms with Crippen molar-refractivity contribution in [3.8, 4) is 18.1 Å². The van der Waals surface area contributed by atoms with Gasteiger partial charge < -0.3 is 4.74 Å². The van der Waals surface area contributed by atoms with Crippen LogP contribution in [-0.2, 0) is 0 Å². The Morgan fingerprint density at radius 3 is 2.69 bits per heavy atom. The van der Waals surface area contributed by atoms with E-state index in [0.29, 0.717) is 15.8 Å². The zero-order chi connectivity index (χ0) is 9.84. The normalized spacial score (nSPS) is 9.38. The van der Waals surface area contributed by atoms with Crippen LogP contribution in [0.4, 0.5) is 0 Å². The second-order valence-corrected chi connectivity index (χ2v) is 3.86. The molecule has 1 aromatic rings. The predicted molar refractivity (Wildman–Crippen MR) is 58.5 cm³/mol. The Morgan fingerprint density at radius 2 is 2.08 bits per heavy atom. The Morgan fingerprint density at radius 1 is 1.38 bits per heavy atom. The first-order valence-electron chi connectivity index (χ1n) is 3.36. The molecule has 0 aliphatic rings. The van der Waals surface area contributed by atoms with Gasteiger partial charge in [-0.15, -0.1) is 6.42 Å². The van der Waals surface area contributed by atoms with E-state index < -0.39 is 0 Å². The number of benzene rings is 1. The molecule has 0 N–H and O–H groups in total. The van der Waals surface area contributed by atoms with Crippen molar-refractivity contribution >= 4 is 39.1 Å². The molecule has 0 amide bonds. The summed E-state index contributed by atoms with van der Waals surface area (Å²) in [6.07, 6.45) is 5.03. The summed E-state index contributed by atoms with van der Waals surface area (Å²) in [7, 11) is 0. The van der Waals surface area contributed by atoms with E-state index in [1.807, 2.05) is 0 Å². The van der Waals surface area contributed by atoms with Crippen LogP contribution in [0.25, 0.3) is 0 Å². The highest BCUT2D eigenvalue weighted by Gasteiger charge is 2.05. The predicted octanol–water partition coefficient (Wildman–Crippen LogP) is 3.77. The molecule has 0 heterocycles. The Kier molecular flexibility index (Phi) is 3.92. The van der Waals surface area contributed by atoms with Crippen LogP contribution < -0.4 is 4.74 Å². The van der Waals surface area contributed by atoms with Crippen LogP contribution in [0, 0.1) is 12.3 Å². The smallest absolute Gasteiger partial charge is 0.148 e. The highest BCUT2D eigenvalue weighted by Crippen LogP contribution is 2.33. The molecule has 0 atom stereocenters. The van der Waals surface area contributed by atoms with Crippen molar-refractivity contribution in [1.29, 1.82) is 0 Å². The van der Waals surface area contributed by atoms with Crippen LogP contribution in [0.15, 0.2) is 16.6 Å². The molecule has 0 bridgehead atoms. The molecule has 0 fully saturated rings. The van der Waals surface area contributed by atoms with Crippen molar-refractivity contribution < 1.29 is 4.74 Å². The molecule has 68 valence electrons. The van der Waals surface area contributed by atoms with Crippen LogP contribution in [0.5, 0.6) is 5.75 Å². The minimum absolute atomic E-state index is 0.178. The fourth-order valence-corrected chi connectivity index (χ4v) is 1.58. The Bertz CT molecular complexity index is 357. The number of hydrogen-bond acceptors (Lipinski definition) is 1. The summed E-state index contributed by atoms with van der Waals surface area (Å²) in [6, 6.07) is 3.28. The molecule has 0 unspecified atom stereocenters. The van der Waals surface area contributed by atoms with Crippen molar-refractivity contribution in [2.75, 3.05) is 6.61 Å². The van der Waals surface area contributed by atoms with Crippen LogP contribution in [0.2, 0.25) is 10.0 Å². The van der Waals surface area contributed by atoms with Crippen LogP contribution in [-0.4, -0.2) is 6.61 Å². The lowest BCUT2D eigenvalue weighted by molar-refractivity contribution is 0.370. The van der Waals surface area contributed by atoms with Gasteiger partial charge in [0.2, 0.25) is 0 Å². The molecule has 4 heteroatoms. The van der Waals surface area contributed by atoms with Crippen molar-refractivity contribution in [3.63, 3.8) is 0 Å². The number of ether oxygens (including phenoxy) is 1. The van der Waals surface area contributed by atoms with Crippen molar-refractivity contribution in [2.45, 2.75) is 0 Å². The minimum Gasteiger partial charge on any atom is -0.479 e. The van der Waals surface area contributed by atoms with Gasteiger partial charge in [0.05, 0.1) is 10.0 Å². The Labute approximate surface area is 95.1 Å². The van der Waals surface area contributed by atoms with E-state index in [9.17, 15) is 0 Å². The first-order valence-corrected chi connectivity index (χ1v) is 4.91. The average Bonchev–Trinajstić information content (AvgIpc) is 2.09. The fraction of sp³-hybridized carbons (Fsp3) is 0.111. The lowest BCUT2D eigenvalue weighted by atomic mass is 10.3. The van der Waals surface area contributed by atoms with Gasteiger partial charge in [-0.3, -0.25) is 0 Å². The fourth-order valence-electron chi connectivity index (χ4n) is 0.734. The molecular weight excluding hydrogens is 275 g/mol. The lowest BCUT2D eigenvalue weighted by Crippen LogP contribution is -1.94. The van der Waals surface area contributed by atoms with Crippen LogP contribution >= 0.6 is 39.1 Å². The summed E-state index contributed by atoms with van der Waals surface area (Å²) >= 11 is 14.9. The van der Waals surface area contributed by atoms with Gasteiger partial charge in [0.1, 0.15) is 12.4 Å². The number of rotatable bonds is 2. The summed E-state index contributed by atoms with van der Waals surface area (Å²) in [5.41, 5.74) is 0. The molecule has 0 aliphatic heterocycles. The van der Waals surface area contributed by atoms with E-state index in [2.05, 4.69) is 21.9 Å². The van der Waals surface area contributed by atoms with E-state index in [0.717, 1.165) is 4.47 Å². The van der Waals surface area contributed by atoms with Crippen molar-refractivity contribution in [2.24, 2.45) is 0 Å². The summed E-state index contributed by atoms with van der Waals surface area (Å²) < 4.78 is 5.88. The number of terminal acetylenes is 1. The van der Waals surface area contributed by atoms with Gasteiger partial charge in [-0.25, -0.2) is 0 Å². The van der Waals surface area contributed by atoms with E-state index in [1.165, 1.54) is 0 Å². The lowest BCUT2D eigenvalue weighted by Gasteiger charge is -2.06. The van der Waals surface area contributed by atoms with E-state index in [4.69, 9.17) is 34.4 Å². The second-order valence-electron chi connectivity index (χ2n) is 2.19. The maximum absolute atomic E-state index is 5.85. The molecular formula is C9H5BrCl2O. The first kappa shape index (κ1) is 10.7. The summed E-state index contributed by atoms with van der Waals surface area (Å²) in [6.45, 7) is 0.178. The molecule has 13 heavy (non-hydrogen) atoms. The third kappa shape index (κ3) is 2.80. The molecule has 0 radical (unpaired) electrons. The highest BCUT2D eigenvalue weighted by atomic mass is 79.9. The van der Waals surface area contributed by atoms with E-state index in [1.54, 1.807) is 12.1 Å². The summed E-state index contributed by atoms with van der Waals surface area (Å²) in [5.74, 6) is 2.84. The number of halogens is 3. The average molecular weight is 280 g/mol.